The van der Waals surface area contributed by atoms with Crippen LogP contribution in [0.5, 0.6) is 0 Å². The third kappa shape index (κ3) is 3.87. The number of anilines is 1. The van der Waals surface area contributed by atoms with Gasteiger partial charge in [0.05, 0.1) is 30.6 Å². The summed E-state index contributed by atoms with van der Waals surface area (Å²) in [4.78, 5) is 2.46. The highest BCUT2D eigenvalue weighted by molar-refractivity contribution is 5.39. The molecule has 1 aromatic heterocycles. The Kier molecular flexibility index (Phi) is 4.75. The van der Waals surface area contributed by atoms with Crippen LogP contribution < -0.4 is 5.32 Å². The van der Waals surface area contributed by atoms with Crippen LogP contribution in [0.1, 0.15) is 12.5 Å². The zero-order valence-electron chi connectivity index (χ0n) is 13.3. The molecule has 118 valence electrons. The second kappa shape index (κ2) is 6.94. The number of nitrogens with one attached hydrogen (secondary N) is 1. The zero-order valence-corrected chi connectivity index (χ0v) is 13.3. The highest BCUT2D eigenvalue weighted by atomic mass is 16.5. The molecule has 22 heavy (non-hydrogen) atoms. The van der Waals surface area contributed by atoms with Crippen LogP contribution >= 0.6 is 0 Å². The third-order valence-corrected chi connectivity index (χ3v) is 4.08. The van der Waals surface area contributed by atoms with Crippen LogP contribution in [-0.4, -0.2) is 46.5 Å². The van der Waals surface area contributed by atoms with Crippen molar-refractivity contribution in [2.24, 2.45) is 7.05 Å². The Balaban J connectivity index is 1.55. The van der Waals surface area contributed by atoms with E-state index < -0.39 is 0 Å². The fourth-order valence-electron chi connectivity index (χ4n) is 2.87. The summed E-state index contributed by atoms with van der Waals surface area (Å²) in [6.07, 6.45) is 4.03. The first kappa shape index (κ1) is 15.1. The summed E-state index contributed by atoms with van der Waals surface area (Å²) >= 11 is 0. The molecule has 1 saturated heterocycles. The van der Waals surface area contributed by atoms with E-state index in [0.29, 0.717) is 0 Å². The van der Waals surface area contributed by atoms with Crippen LogP contribution in [0.4, 0.5) is 5.69 Å². The van der Waals surface area contributed by atoms with Crippen LogP contribution in [0, 0.1) is 0 Å². The molecule has 0 spiro atoms. The molecule has 0 bridgehead atoms. The summed E-state index contributed by atoms with van der Waals surface area (Å²) in [5.41, 5.74) is 2.40. The van der Waals surface area contributed by atoms with E-state index in [1.54, 1.807) is 4.68 Å². The second-order valence-electron chi connectivity index (χ2n) is 5.97. The summed E-state index contributed by atoms with van der Waals surface area (Å²) in [6.45, 7) is 5.88. The Labute approximate surface area is 131 Å². The van der Waals surface area contributed by atoms with E-state index >= 15 is 0 Å². The lowest BCUT2D eigenvalue weighted by molar-refractivity contribution is -0.0373. The molecule has 1 N–H and O–H groups in total. The van der Waals surface area contributed by atoms with Gasteiger partial charge in [-0.3, -0.25) is 9.58 Å². The van der Waals surface area contributed by atoms with Crippen molar-refractivity contribution >= 4 is 5.69 Å². The van der Waals surface area contributed by atoms with Crippen molar-refractivity contribution in [1.29, 1.82) is 0 Å². The van der Waals surface area contributed by atoms with Crippen LogP contribution in [0.2, 0.25) is 0 Å². The lowest BCUT2D eigenvalue weighted by Gasteiger charge is -2.36. The predicted molar refractivity (Wildman–Crippen MR) is 87.8 cm³/mol. The van der Waals surface area contributed by atoms with Gasteiger partial charge in [-0.05, 0) is 12.5 Å². The van der Waals surface area contributed by atoms with Crippen molar-refractivity contribution < 1.29 is 4.74 Å². The summed E-state index contributed by atoms with van der Waals surface area (Å²) in [5.74, 6) is 0. The molecule has 0 amide bonds. The lowest BCUT2D eigenvalue weighted by atomic mass is 10.1. The molecule has 3 rings (SSSR count). The monoisotopic (exact) mass is 300 g/mol. The molecule has 2 heterocycles. The number of morpholine rings is 1. The Bertz CT molecular complexity index is 583. The minimum atomic E-state index is 0.192. The molecule has 5 nitrogen and oxygen atoms in total. The van der Waals surface area contributed by atoms with Gasteiger partial charge >= 0.3 is 0 Å². The van der Waals surface area contributed by atoms with Crippen LogP contribution in [0.3, 0.4) is 0 Å². The van der Waals surface area contributed by atoms with E-state index in [2.05, 4.69) is 52.6 Å². The number of hydrogen-bond acceptors (Lipinski definition) is 4. The highest BCUT2D eigenvalue weighted by Crippen LogP contribution is 2.16. The van der Waals surface area contributed by atoms with Crippen molar-refractivity contribution in [3.05, 3.63) is 48.3 Å². The molecule has 0 radical (unpaired) electrons. The van der Waals surface area contributed by atoms with E-state index in [0.717, 1.165) is 31.9 Å². The number of nitrogens with zero attached hydrogens (tertiary/aromatic N) is 3. The SMILES string of the molecule is C[C@@H](Nc1cnn(C)c1)[C@@H]1CN(Cc2ccccc2)CCO1. The summed E-state index contributed by atoms with van der Waals surface area (Å²) < 4.78 is 7.76. The van der Waals surface area contributed by atoms with Crippen molar-refractivity contribution in [3.8, 4) is 0 Å². The quantitative estimate of drug-likeness (QED) is 0.918. The van der Waals surface area contributed by atoms with Crippen molar-refractivity contribution in [1.82, 2.24) is 14.7 Å². The van der Waals surface area contributed by atoms with E-state index in [1.807, 2.05) is 19.4 Å². The molecule has 1 fully saturated rings. The smallest absolute Gasteiger partial charge is 0.0900 e. The van der Waals surface area contributed by atoms with Gasteiger partial charge in [0, 0.05) is 32.9 Å². The van der Waals surface area contributed by atoms with Crippen LogP contribution in [0.15, 0.2) is 42.7 Å². The average molecular weight is 300 g/mol. The minimum Gasteiger partial charge on any atom is -0.377 e. The molecule has 1 aliphatic rings. The maximum Gasteiger partial charge on any atom is 0.0900 e. The van der Waals surface area contributed by atoms with Crippen LogP contribution in [0.25, 0.3) is 0 Å². The van der Waals surface area contributed by atoms with Gasteiger partial charge in [-0.25, -0.2) is 0 Å². The van der Waals surface area contributed by atoms with Crippen LogP contribution in [-0.2, 0) is 18.3 Å². The standard InChI is InChI=1S/C17H24N4O/c1-14(19-16-10-18-20(2)12-16)17-13-21(8-9-22-17)11-15-6-4-3-5-7-15/h3-7,10,12,14,17,19H,8-9,11,13H2,1-2H3/t14-,17+/m1/s1. The fourth-order valence-corrected chi connectivity index (χ4v) is 2.87. The van der Waals surface area contributed by atoms with E-state index in [9.17, 15) is 0 Å². The largest absolute Gasteiger partial charge is 0.377 e. The molecular formula is C17H24N4O. The van der Waals surface area contributed by atoms with Gasteiger partial charge in [-0.2, -0.15) is 5.10 Å². The molecule has 2 atom stereocenters. The van der Waals surface area contributed by atoms with E-state index in [-0.39, 0.29) is 12.1 Å². The molecule has 0 unspecified atom stereocenters. The Hall–Kier alpha value is -1.85. The van der Waals surface area contributed by atoms with Crippen molar-refractivity contribution in [2.75, 3.05) is 25.0 Å². The van der Waals surface area contributed by atoms with Crippen molar-refractivity contribution in [2.45, 2.75) is 25.6 Å². The Morgan fingerprint density at radius 3 is 2.91 bits per heavy atom. The zero-order chi connectivity index (χ0) is 15.4. The molecule has 0 saturated carbocycles. The Morgan fingerprint density at radius 2 is 2.18 bits per heavy atom. The molecule has 1 aliphatic heterocycles. The summed E-state index contributed by atoms with van der Waals surface area (Å²) in [7, 11) is 1.93. The summed E-state index contributed by atoms with van der Waals surface area (Å²) in [5, 5.41) is 7.67. The number of aromatic nitrogens is 2. The number of ether oxygens (including phenoxy) is 1. The van der Waals surface area contributed by atoms with Crippen molar-refractivity contribution in [3.63, 3.8) is 0 Å². The first-order chi connectivity index (χ1) is 10.7. The van der Waals surface area contributed by atoms with Gasteiger partial charge < -0.3 is 10.1 Å². The highest BCUT2D eigenvalue weighted by Gasteiger charge is 2.25. The fraction of sp³-hybridized carbons (Fsp3) is 0.471. The topological polar surface area (TPSA) is 42.3 Å². The summed E-state index contributed by atoms with van der Waals surface area (Å²) in [6, 6.07) is 10.9. The minimum absolute atomic E-state index is 0.192. The average Bonchev–Trinajstić information content (AvgIpc) is 2.93. The maximum atomic E-state index is 5.96. The van der Waals surface area contributed by atoms with Gasteiger partial charge in [0.15, 0.2) is 0 Å². The first-order valence-electron chi connectivity index (χ1n) is 7.84. The van der Waals surface area contributed by atoms with Gasteiger partial charge in [0.1, 0.15) is 0 Å². The predicted octanol–water partition coefficient (Wildman–Crippen LogP) is 2.12. The van der Waals surface area contributed by atoms with E-state index in [4.69, 9.17) is 4.74 Å². The first-order valence-corrected chi connectivity index (χ1v) is 7.84. The normalized spacial score (nSPS) is 20.7. The molecule has 5 heteroatoms. The second-order valence-corrected chi connectivity index (χ2v) is 5.97. The molecule has 1 aromatic carbocycles. The van der Waals surface area contributed by atoms with Gasteiger partial charge in [0.25, 0.3) is 0 Å². The number of benzene rings is 1. The molecular weight excluding hydrogens is 276 g/mol. The van der Waals surface area contributed by atoms with Gasteiger partial charge in [0.2, 0.25) is 0 Å². The van der Waals surface area contributed by atoms with Gasteiger partial charge in [-0.1, -0.05) is 30.3 Å². The maximum absolute atomic E-state index is 5.96. The lowest BCUT2D eigenvalue weighted by Crippen LogP contribution is -2.48. The number of rotatable bonds is 5. The van der Waals surface area contributed by atoms with E-state index in [1.165, 1.54) is 5.56 Å². The number of aryl methyl sites for hydroxylation is 1. The molecule has 0 aliphatic carbocycles. The molecule has 2 aromatic rings. The third-order valence-electron chi connectivity index (χ3n) is 4.08. The van der Waals surface area contributed by atoms with Gasteiger partial charge in [-0.15, -0.1) is 0 Å². The number of hydrogen-bond donors (Lipinski definition) is 1. The Morgan fingerprint density at radius 1 is 1.36 bits per heavy atom.